The first-order chi connectivity index (χ1) is 5.22. The van der Waals surface area contributed by atoms with Crippen LogP contribution in [-0.4, -0.2) is 19.0 Å². The SMILES string of the molecule is CN(C)C(Br)c1ccccc1. The third-order valence-electron chi connectivity index (χ3n) is 1.53. The molecule has 1 unspecified atom stereocenters. The van der Waals surface area contributed by atoms with Gasteiger partial charge in [0, 0.05) is 0 Å². The minimum absolute atomic E-state index is 0.323. The summed E-state index contributed by atoms with van der Waals surface area (Å²) < 4.78 is 0. The maximum atomic E-state index is 3.58. The molecule has 1 rings (SSSR count). The van der Waals surface area contributed by atoms with Gasteiger partial charge in [0.05, 0.1) is 4.95 Å². The summed E-state index contributed by atoms with van der Waals surface area (Å²) in [5.74, 6) is 0. The standard InChI is InChI=1S/C9H12BrN/c1-11(2)9(10)8-6-4-3-5-7-8/h3-7,9H,1-2H3. The van der Waals surface area contributed by atoms with Crippen LogP contribution in [0.4, 0.5) is 0 Å². The van der Waals surface area contributed by atoms with Crippen LogP contribution in [-0.2, 0) is 0 Å². The largest absolute Gasteiger partial charge is 0.293 e. The van der Waals surface area contributed by atoms with Gasteiger partial charge in [0.25, 0.3) is 0 Å². The molecule has 1 atom stereocenters. The zero-order chi connectivity index (χ0) is 8.27. The Bertz CT molecular complexity index is 208. The Morgan fingerprint density at radius 2 is 1.73 bits per heavy atom. The van der Waals surface area contributed by atoms with Crippen molar-refractivity contribution in [3.63, 3.8) is 0 Å². The van der Waals surface area contributed by atoms with Gasteiger partial charge in [-0.2, -0.15) is 0 Å². The Hall–Kier alpha value is -0.340. The van der Waals surface area contributed by atoms with Gasteiger partial charge in [0.2, 0.25) is 0 Å². The molecule has 0 aliphatic heterocycles. The van der Waals surface area contributed by atoms with E-state index in [0.29, 0.717) is 4.95 Å². The molecule has 0 saturated heterocycles. The zero-order valence-corrected chi connectivity index (χ0v) is 8.38. The molecule has 2 heteroatoms. The molecule has 0 bridgehead atoms. The highest BCUT2D eigenvalue weighted by molar-refractivity contribution is 9.09. The van der Waals surface area contributed by atoms with Gasteiger partial charge in [0.15, 0.2) is 0 Å². The Labute approximate surface area is 76.2 Å². The summed E-state index contributed by atoms with van der Waals surface area (Å²) in [6.45, 7) is 0. The average molecular weight is 214 g/mol. The van der Waals surface area contributed by atoms with Crippen LogP contribution in [0.1, 0.15) is 10.5 Å². The number of benzene rings is 1. The fourth-order valence-electron chi connectivity index (χ4n) is 0.910. The van der Waals surface area contributed by atoms with Crippen LogP contribution in [0, 0.1) is 0 Å². The molecule has 0 amide bonds. The van der Waals surface area contributed by atoms with E-state index >= 15 is 0 Å². The molecular formula is C9H12BrN. The van der Waals surface area contributed by atoms with Crippen molar-refractivity contribution in [2.45, 2.75) is 4.95 Å². The predicted octanol–water partition coefficient (Wildman–Crippen LogP) is 2.64. The monoisotopic (exact) mass is 213 g/mol. The van der Waals surface area contributed by atoms with E-state index < -0.39 is 0 Å². The molecular weight excluding hydrogens is 202 g/mol. The van der Waals surface area contributed by atoms with E-state index in [9.17, 15) is 0 Å². The van der Waals surface area contributed by atoms with Gasteiger partial charge in [-0.1, -0.05) is 46.3 Å². The predicted molar refractivity (Wildman–Crippen MR) is 51.8 cm³/mol. The lowest BCUT2D eigenvalue weighted by Gasteiger charge is -2.17. The fourth-order valence-corrected chi connectivity index (χ4v) is 1.22. The summed E-state index contributed by atoms with van der Waals surface area (Å²) in [5, 5.41) is 0. The smallest absolute Gasteiger partial charge is 0.0906 e. The van der Waals surface area contributed by atoms with Gasteiger partial charge in [-0.3, -0.25) is 4.90 Å². The van der Waals surface area contributed by atoms with E-state index in [4.69, 9.17) is 0 Å². The van der Waals surface area contributed by atoms with E-state index in [2.05, 4.69) is 33.0 Å². The summed E-state index contributed by atoms with van der Waals surface area (Å²) in [5.41, 5.74) is 1.29. The second-order valence-corrected chi connectivity index (χ2v) is 3.58. The highest BCUT2D eigenvalue weighted by Gasteiger charge is 2.07. The van der Waals surface area contributed by atoms with Crippen molar-refractivity contribution in [3.8, 4) is 0 Å². The normalized spacial score (nSPS) is 13.5. The van der Waals surface area contributed by atoms with Crippen LogP contribution < -0.4 is 0 Å². The molecule has 0 aromatic heterocycles. The molecule has 1 nitrogen and oxygen atoms in total. The molecule has 0 spiro atoms. The van der Waals surface area contributed by atoms with Crippen molar-refractivity contribution in [2.24, 2.45) is 0 Å². The Morgan fingerprint density at radius 1 is 1.18 bits per heavy atom. The molecule has 0 aliphatic carbocycles. The maximum Gasteiger partial charge on any atom is 0.0906 e. The van der Waals surface area contributed by atoms with Crippen molar-refractivity contribution in [1.82, 2.24) is 4.90 Å². The number of rotatable bonds is 2. The lowest BCUT2D eigenvalue weighted by molar-refractivity contribution is 0.398. The van der Waals surface area contributed by atoms with Gasteiger partial charge in [-0.15, -0.1) is 0 Å². The third-order valence-corrected chi connectivity index (χ3v) is 2.88. The first kappa shape index (κ1) is 8.75. The molecule has 0 N–H and O–H groups in total. The summed E-state index contributed by atoms with van der Waals surface area (Å²) in [6, 6.07) is 10.3. The molecule has 1 aromatic carbocycles. The topological polar surface area (TPSA) is 3.24 Å². The van der Waals surface area contributed by atoms with Crippen LogP contribution in [0.5, 0.6) is 0 Å². The second kappa shape index (κ2) is 3.88. The van der Waals surface area contributed by atoms with E-state index in [1.54, 1.807) is 0 Å². The molecule has 0 fully saturated rings. The molecule has 0 saturated carbocycles. The Morgan fingerprint density at radius 3 is 2.18 bits per heavy atom. The van der Waals surface area contributed by atoms with Crippen LogP contribution in [0.25, 0.3) is 0 Å². The fraction of sp³-hybridized carbons (Fsp3) is 0.333. The average Bonchev–Trinajstić information content (AvgIpc) is 2.05. The summed E-state index contributed by atoms with van der Waals surface area (Å²) in [6.07, 6.45) is 0. The lowest BCUT2D eigenvalue weighted by Crippen LogP contribution is -2.13. The summed E-state index contributed by atoms with van der Waals surface area (Å²) in [7, 11) is 4.10. The van der Waals surface area contributed by atoms with Crippen LogP contribution in [0.3, 0.4) is 0 Å². The summed E-state index contributed by atoms with van der Waals surface area (Å²) >= 11 is 3.58. The highest BCUT2D eigenvalue weighted by atomic mass is 79.9. The number of hydrogen-bond acceptors (Lipinski definition) is 1. The van der Waals surface area contributed by atoms with Crippen molar-refractivity contribution in [2.75, 3.05) is 14.1 Å². The first-order valence-electron chi connectivity index (χ1n) is 3.57. The van der Waals surface area contributed by atoms with Gasteiger partial charge in [-0.25, -0.2) is 0 Å². The maximum absolute atomic E-state index is 3.58. The molecule has 0 radical (unpaired) electrons. The van der Waals surface area contributed by atoms with E-state index in [1.165, 1.54) is 5.56 Å². The first-order valence-corrected chi connectivity index (χ1v) is 4.49. The minimum atomic E-state index is 0.323. The van der Waals surface area contributed by atoms with Crippen molar-refractivity contribution < 1.29 is 0 Å². The van der Waals surface area contributed by atoms with Gasteiger partial charge < -0.3 is 0 Å². The van der Waals surface area contributed by atoms with Crippen LogP contribution in [0.15, 0.2) is 30.3 Å². The number of alkyl halides is 1. The third kappa shape index (κ3) is 2.31. The minimum Gasteiger partial charge on any atom is -0.293 e. The van der Waals surface area contributed by atoms with Crippen LogP contribution >= 0.6 is 15.9 Å². The molecule has 60 valence electrons. The number of nitrogens with zero attached hydrogens (tertiary/aromatic N) is 1. The quantitative estimate of drug-likeness (QED) is 0.540. The van der Waals surface area contributed by atoms with Crippen LogP contribution in [0.2, 0.25) is 0 Å². The summed E-state index contributed by atoms with van der Waals surface area (Å²) in [4.78, 5) is 2.44. The van der Waals surface area contributed by atoms with E-state index in [-0.39, 0.29) is 0 Å². The molecule has 11 heavy (non-hydrogen) atoms. The molecule has 1 aromatic rings. The van der Waals surface area contributed by atoms with Crippen molar-refractivity contribution >= 4 is 15.9 Å². The van der Waals surface area contributed by atoms with E-state index in [1.807, 2.05) is 32.3 Å². The van der Waals surface area contributed by atoms with Gasteiger partial charge in [-0.05, 0) is 19.7 Å². The Balaban J connectivity index is 2.77. The number of halogens is 1. The second-order valence-electron chi connectivity index (χ2n) is 2.71. The van der Waals surface area contributed by atoms with E-state index in [0.717, 1.165) is 0 Å². The van der Waals surface area contributed by atoms with Crippen molar-refractivity contribution in [3.05, 3.63) is 35.9 Å². The zero-order valence-electron chi connectivity index (χ0n) is 6.79. The van der Waals surface area contributed by atoms with Crippen molar-refractivity contribution in [1.29, 1.82) is 0 Å². The Kier molecular flexibility index (Phi) is 3.09. The number of hydrogen-bond donors (Lipinski definition) is 0. The van der Waals surface area contributed by atoms with Gasteiger partial charge in [0.1, 0.15) is 0 Å². The lowest BCUT2D eigenvalue weighted by atomic mass is 10.2. The molecule has 0 heterocycles. The van der Waals surface area contributed by atoms with Gasteiger partial charge >= 0.3 is 0 Å². The molecule has 0 aliphatic rings. The highest BCUT2D eigenvalue weighted by Crippen LogP contribution is 2.23.